The molecule has 0 spiro atoms. The molecule has 0 aliphatic rings. The average molecular weight is 322 g/mol. The first kappa shape index (κ1) is 16.4. The van der Waals surface area contributed by atoms with Gasteiger partial charge in [-0.1, -0.05) is 23.7 Å². The molecular weight excluding hydrogens is 305 g/mol. The van der Waals surface area contributed by atoms with E-state index in [1.807, 2.05) is 31.1 Å². The molecule has 4 nitrogen and oxygen atoms in total. The number of hydrogen-bond acceptors (Lipinski definition) is 3. The minimum Gasteiger partial charge on any atom is -0.350 e. The van der Waals surface area contributed by atoms with Crippen LogP contribution in [0.5, 0.6) is 0 Å². The lowest BCUT2D eigenvalue weighted by Crippen LogP contribution is -2.34. The largest absolute Gasteiger partial charge is 0.350 e. The van der Waals surface area contributed by atoms with Gasteiger partial charge in [-0.3, -0.25) is 9.78 Å². The van der Waals surface area contributed by atoms with Gasteiger partial charge in [0.25, 0.3) is 5.91 Å². The highest BCUT2D eigenvalue weighted by Gasteiger charge is 2.17. The highest BCUT2D eigenvalue weighted by Crippen LogP contribution is 2.20. The van der Waals surface area contributed by atoms with E-state index in [-0.39, 0.29) is 11.6 Å². The number of halogens is 2. The molecule has 0 aliphatic carbocycles. The summed E-state index contributed by atoms with van der Waals surface area (Å²) in [6, 6.07) is 8.75. The minimum atomic E-state index is -0.632. The fraction of sp³-hybridized carbons (Fsp3) is 0.250. The maximum absolute atomic E-state index is 13.5. The van der Waals surface area contributed by atoms with E-state index >= 15 is 0 Å². The van der Waals surface area contributed by atoms with Crippen molar-refractivity contribution in [2.24, 2.45) is 0 Å². The van der Waals surface area contributed by atoms with Gasteiger partial charge in [0.05, 0.1) is 17.8 Å². The molecule has 116 valence electrons. The van der Waals surface area contributed by atoms with Crippen LogP contribution in [0, 0.1) is 5.82 Å². The molecule has 2 aromatic rings. The van der Waals surface area contributed by atoms with E-state index in [0.717, 1.165) is 11.8 Å². The predicted octanol–water partition coefficient (Wildman–Crippen LogP) is 2.91. The summed E-state index contributed by atoms with van der Waals surface area (Å²) in [7, 11) is 3.83. The number of nitrogens with one attached hydrogen (secondary N) is 1. The molecular formula is C16H17ClFN3O. The Morgan fingerprint density at radius 1 is 1.32 bits per heavy atom. The van der Waals surface area contributed by atoms with E-state index in [2.05, 4.69) is 10.3 Å². The molecule has 1 aromatic carbocycles. The first-order valence-corrected chi connectivity index (χ1v) is 7.16. The molecule has 0 saturated heterocycles. The molecule has 1 atom stereocenters. The standard InChI is InChI=1S/C16H17ClFN3O/c1-21(2)15(11-3-5-12(17)6-4-11)10-20-16(22)13-7-8-19-9-14(13)18/h3-9,15H,10H2,1-2H3,(H,20,22). The van der Waals surface area contributed by atoms with Crippen molar-refractivity contribution in [2.45, 2.75) is 6.04 Å². The van der Waals surface area contributed by atoms with Crippen LogP contribution in [0.25, 0.3) is 0 Å². The molecule has 1 unspecified atom stereocenters. The number of nitrogens with zero attached hydrogens (tertiary/aromatic N) is 2. The molecule has 0 bridgehead atoms. The van der Waals surface area contributed by atoms with Crippen LogP contribution in [0.15, 0.2) is 42.7 Å². The van der Waals surface area contributed by atoms with E-state index in [4.69, 9.17) is 11.6 Å². The Morgan fingerprint density at radius 2 is 2.00 bits per heavy atom. The number of carbonyl (C=O) groups excluding carboxylic acids is 1. The number of aromatic nitrogens is 1. The average Bonchev–Trinajstić information content (AvgIpc) is 2.49. The van der Waals surface area contributed by atoms with E-state index < -0.39 is 11.7 Å². The Morgan fingerprint density at radius 3 is 2.59 bits per heavy atom. The number of amides is 1. The summed E-state index contributed by atoms with van der Waals surface area (Å²) >= 11 is 5.89. The first-order chi connectivity index (χ1) is 10.5. The Hall–Kier alpha value is -1.98. The summed E-state index contributed by atoms with van der Waals surface area (Å²) in [6.07, 6.45) is 2.41. The number of carbonyl (C=O) groups is 1. The van der Waals surface area contributed by atoms with Crippen molar-refractivity contribution < 1.29 is 9.18 Å². The van der Waals surface area contributed by atoms with Crippen molar-refractivity contribution in [1.29, 1.82) is 0 Å². The summed E-state index contributed by atoms with van der Waals surface area (Å²) in [4.78, 5) is 17.7. The van der Waals surface area contributed by atoms with Gasteiger partial charge in [-0.2, -0.15) is 0 Å². The highest BCUT2D eigenvalue weighted by atomic mass is 35.5. The molecule has 0 radical (unpaired) electrons. The van der Waals surface area contributed by atoms with Crippen molar-refractivity contribution in [3.8, 4) is 0 Å². The third-order valence-electron chi connectivity index (χ3n) is 3.35. The SMILES string of the molecule is CN(C)C(CNC(=O)c1ccncc1F)c1ccc(Cl)cc1. The van der Waals surface area contributed by atoms with Gasteiger partial charge in [-0.25, -0.2) is 4.39 Å². The minimum absolute atomic E-state index is 0.0105. The Balaban J connectivity index is 2.08. The van der Waals surface area contributed by atoms with Crippen LogP contribution in [0.1, 0.15) is 22.0 Å². The number of rotatable bonds is 5. The smallest absolute Gasteiger partial charge is 0.254 e. The topological polar surface area (TPSA) is 45.2 Å². The van der Waals surface area contributed by atoms with Gasteiger partial charge in [0.1, 0.15) is 0 Å². The molecule has 2 rings (SSSR count). The van der Waals surface area contributed by atoms with E-state index in [9.17, 15) is 9.18 Å². The van der Waals surface area contributed by atoms with E-state index in [0.29, 0.717) is 11.6 Å². The van der Waals surface area contributed by atoms with E-state index in [1.54, 1.807) is 12.1 Å². The zero-order chi connectivity index (χ0) is 16.1. The Bertz CT molecular complexity index is 646. The van der Waals surface area contributed by atoms with Crippen LogP contribution in [-0.2, 0) is 0 Å². The lowest BCUT2D eigenvalue weighted by atomic mass is 10.1. The summed E-state index contributed by atoms with van der Waals surface area (Å²) in [5.41, 5.74) is 1.01. The molecule has 0 saturated carbocycles. The second kappa shape index (κ2) is 7.33. The van der Waals surface area contributed by atoms with Crippen molar-refractivity contribution in [3.63, 3.8) is 0 Å². The Kier molecular flexibility index (Phi) is 5.46. The van der Waals surface area contributed by atoms with Crippen molar-refractivity contribution in [3.05, 3.63) is 64.7 Å². The number of benzene rings is 1. The number of hydrogen-bond donors (Lipinski definition) is 1. The fourth-order valence-corrected chi connectivity index (χ4v) is 2.25. The van der Waals surface area contributed by atoms with Gasteiger partial charge in [-0.05, 0) is 37.9 Å². The summed E-state index contributed by atoms with van der Waals surface area (Å²) in [5, 5.41) is 3.41. The van der Waals surface area contributed by atoms with Gasteiger partial charge >= 0.3 is 0 Å². The fourth-order valence-electron chi connectivity index (χ4n) is 2.13. The van der Waals surface area contributed by atoms with Crippen molar-refractivity contribution in [2.75, 3.05) is 20.6 Å². The summed E-state index contributed by atoms with van der Waals surface area (Å²) in [5.74, 6) is -1.09. The second-order valence-corrected chi connectivity index (χ2v) is 5.53. The summed E-state index contributed by atoms with van der Waals surface area (Å²) in [6.45, 7) is 0.356. The molecule has 22 heavy (non-hydrogen) atoms. The highest BCUT2D eigenvalue weighted by molar-refractivity contribution is 6.30. The lowest BCUT2D eigenvalue weighted by Gasteiger charge is -2.25. The van der Waals surface area contributed by atoms with Gasteiger partial charge in [0, 0.05) is 17.8 Å². The van der Waals surface area contributed by atoms with Gasteiger partial charge < -0.3 is 10.2 Å². The number of pyridine rings is 1. The zero-order valence-electron chi connectivity index (χ0n) is 12.4. The monoisotopic (exact) mass is 321 g/mol. The van der Waals surface area contributed by atoms with Crippen LogP contribution in [0.4, 0.5) is 4.39 Å². The predicted molar refractivity (Wildman–Crippen MR) is 84.4 cm³/mol. The van der Waals surface area contributed by atoms with Crippen LogP contribution in [0.3, 0.4) is 0 Å². The van der Waals surface area contributed by atoms with Gasteiger partial charge in [0.15, 0.2) is 5.82 Å². The molecule has 6 heteroatoms. The van der Waals surface area contributed by atoms with Gasteiger partial charge in [-0.15, -0.1) is 0 Å². The normalized spacial score (nSPS) is 12.2. The molecule has 0 fully saturated rings. The maximum atomic E-state index is 13.5. The zero-order valence-corrected chi connectivity index (χ0v) is 13.1. The summed E-state index contributed by atoms with van der Waals surface area (Å²) < 4.78 is 13.5. The third-order valence-corrected chi connectivity index (χ3v) is 3.60. The van der Waals surface area contributed by atoms with E-state index in [1.165, 1.54) is 12.3 Å². The molecule has 1 amide bonds. The quantitative estimate of drug-likeness (QED) is 0.921. The third kappa shape index (κ3) is 4.02. The molecule has 0 aliphatic heterocycles. The van der Waals surface area contributed by atoms with Crippen molar-refractivity contribution in [1.82, 2.24) is 15.2 Å². The lowest BCUT2D eigenvalue weighted by molar-refractivity contribution is 0.0937. The molecule has 1 N–H and O–H groups in total. The maximum Gasteiger partial charge on any atom is 0.254 e. The molecule has 1 aromatic heterocycles. The first-order valence-electron chi connectivity index (χ1n) is 6.78. The van der Waals surface area contributed by atoms with Crippen LogP contribution >= 0.6 is 11.6 Å². The van der Waals surface area contributed by atoms with Gasteiger partial charge in [0.2, 0.25) is 0 Å². The van der Waals surface area contributed by atoms with Crippen molar-refractivity contribution >= 4 is 17.5 Å². The molecule has 1 heterocycles. The van der Waals surface area contributed by atoms with Crippen LogP contribution < -0.4 is 5.32 Å². The Labute approximate surface area is 133 Å². The van der Waals surface area contributed by atoms with Crippen LogP contribution in [0.2, 0.25) is 5.02 Å². The van der Waals surface area contributed by atoms with Crippen LogP contribution in [-0.4, -0.2) is 36.4 Å². The number of likely N-dealkylation sites (N-methyl/N-ethyl adjacent to an activating group) is 1. The second-order valence-electron chi connectivity index (χ2n) is 5.10.